The van der Waals surface area contributed by atoms with Gasteiger partial charge in [-0.15, -0.1) is 11.6 Å². The highest BCUT2D eigenvalue weighted by Crippen LogP contribution is 2.17. The van der Waals surface area contributed by atoms with Gasteiger partial charge in [0.15, 0.2) is 0 Å². The van der Waals surface area contributed by atoms with Gasteiger partial charge in [0.05, 0.1) is 24.1 Å². The van der Waals surface area contributed by atoms with Gasteiger partial charge in [-0.3, -0.25) is 4.98 Å². The van der Waals surface area contributed by atoms with E-state index in [1.807, 2.05) is 24.3 Å². The molecule has 0 unspecified atom stereocenters. The van der Waals surface area contributed by atoms with Crippen molar-refractivity contribution in [2.24, 2.45) is 0 Å². The number of nitrogens with zero attached hydrogens (tertiary/aromatic N) is 3. The lowest BCUT2D eigenvalue weighted by Crippen LogP contribution is -2.10. The van der Waals surface area contributed by atoms with Gasteiger partial charge in [-0.25, -0.2) is 4.98 Å². The average molecular weight is 302 g/mol. The van der Waals surface area contributed by atoms with Crippen molar-refractivity contribution in [1.29, 1.82) is 0 Å². The summed E-state index contributed by atoms with van der Waals surface area (Å²) in [5.74, 6) is 2.10. The molecule has 0 aliphatic heterocycles. The molecule has 0 N–H and O–H groups in total. The van der Waals surface area contributed by atoms with Crippen LogP contribution in [-0.2, 0) is 12.4 Å². The molecule has 0 atom stereocenters. The van der Waals surface area contributed by atoms with Crippen LogP contribution in [0.25, 0.3) is 11.0 Å². The van der Waals surface area contributed by atoms with Gasteiger partial charge in [0.25, 0.3) is 0 Å². The van der Waals surface area contributed by atoms with E-state index in [0.717, 1.165) is 22.6 Å². The van der Waals surface area contributed by atoms with Crippen molar-refractivity contribution in [3.8, 4) is 5.75 Å². The summed E-state index contributed by atoms with van der Waals surface area (Å²) < 4.78 is 7.88. The molecule has 108 valence electrons. The summed E-state index contributed by atoms with van der Waals surface area (Å²) in [5.41, 5.74) is 3.09. The van der Waals surface area contributed by atoms with Crippen molar-refractivity contribution in [2.45, 2.75) is 19.3 Å². The third-order valence-electron chi connectivity index (χ3n) is 3.32. The third-order valence-corrected chi connectivity index (χ3v) is 3.56. The van der Waals surface area contributed by atoms with Crippen LogP contribution in [0.2, 0.25) is 0 Å². The molecular weight excluding hydrogens is 286 g/mol. The Bertz CT molecular complexity index is 754. The largest absolute Gasteiger partial charge is 0.492 e. The van der Waals surface area contributed by atoms with Crippen molar-refractivity contribution in [3.05, 3.63) is 54.1 Å². The number of hydrogen-bond donors (Lipinski definition) is 0. The van der Waals surface area contributed by atoms with Gasteiger partial charge in [0.2, 0.25) is 0 Å². The van der Waals surface area contributed by atoms with Crippen LogP contribution in [0.1, 0.15) is 11.4 Å². The minimum Gasteiger partial charge on any atom is -0.492 e. The van der Waals surface area contributed by atoms with Crippen LogP contribution >= 0.6 is 11.6 Å². The van der Waals surface area contributed by atoms with Crippen LogP contribution in [0.3, 0.4) is 0 Å². The van der Waals surface area contributed by atoms with Crippen LogP contribution in [0.4, 0.5) is 0 Å². The number of fused-ring (bicyclic) bond motifs is 1. The van der Waals surface area contributed by atoms with Gasteiger partial charge in [0.1, 0.15) is 23.7 Å². The predicted molar refractivity (Wildman–Crippen MR) is 83.8 cm³/mol. The van der Waals surface area contributed by atoms with Crippen LogP contribution in [0, 0.1) is 6.92 Å². The number of aryl methyl sites for hydroxylation is 1. The van der Waals surface area contributed by atoms with E-state index in [1.165, 1.54) is 5.56 Å². The normalized spacial score (nSPS) is 11.0. The van der Waals surface area contributed by atoms with Crippen molar-refractivity contribution >= 4 is 22.6 Å². The first kappa shape index (κ1) is 13.9. The van der Waals surface area contributed by atoms with Gasteiger partial charge >= 0.3 is 0 Å². The first-order valence-electron chi connectivity index (χ1n) is 6.82. The molecule has 2 aromatic heterocycles. The van der Waals surface area contributed by atoms with Gasteiger partial charge < -0.3 is 9.30 Å². The summed E-state index contributed by atoms with van der Waals surface area (Å²) in [5, 5.41) is 0. The molecule has 3 aromatic rings. The Morgan fingerprint density at radius 1 is 1.29 bits per heavy atom. The van der Waals surface area contributed by atoms with Crippen LogP contribution in [0.5, 0.6) is 5.75 Å². The summed E-state index contributed by atoms with van der Waals surface area (Å²) in [7, 11) is 0. The van der Waals surface area contributed by atoms with E-state index in [9.17, 15) is 0 Å². The summed E-state index contributed by atoms with van der Waals surface area (Å²) in [4.78, 5) is 8.57. The van der Waals surface area contributed by atoms with Gasteiger partial charge in [-0.2, -0.15) is 0 Å². The summed E-state index contributed by atoms with van der Waals surface area (Å²) in [6, 6.07) is 9.98. The SMILES string of the molecule is Cc1cccc(OCCn2c(CCl)nc3cnccc32)c1. The molecule has 2 heterocycles. The first-order chi connectivity index (χ1) is 10.3. The average Bonchev–Trinajstić information content (AvgIpc) is 2.86. The van der Waals surface area contributed by atoms with E-state index < -0.39 is 0 Å². The molecule has 3 rings (SSSR count). The molecular formula is C16H16ClN3O. The zero-order valence-corrected chi connectivity index (χ0v) is 12.5. The minimum absolute atomic E-state index is 0.374. The second-order valence-corrected chi connectivity index (χ2v) is 5.11. The lowest BCUT2D eigenvalue weighted by Gasteiger charge is -2.10. The van der Waals surface area contributed by atoms with E-state index in [2.05, 4.69) is 27.5 Å². The number of pyridine rings is 1. The van der Waals surface area contributed by atoms with Crippen LogP contribution in [-0.4, -0.2) is 21.1 Å². The Hall–Kier alpha value is -2.07. The maximum atomic E-state index is 5.98. The second kappa shape index (κ2) is 6.14. The topological polar surface area (TPSA) is 39.9 Å². The molecule has 21 heavy (non-hydrogen) atoms. The molecule has 0 saturated carbocycles. The Morgan fingerprint density at radius 3 is 3.00 bits per heavy atom. The molecule has 0 fully saturated rings. The van der Waals surface area contributed by atoms with Crippen molar-refractivity contribution in [2.75, 3.05) is 6.61 Å². The standard InChI is InChI=1S/C16H16ClN3O/c1-12-3-2-4-13(9-12)21-8-7-20-15-5-6-18-11-14(15)19-16(20)10-17/h2-6,9,11H,7-8,10H2,1H3. The third kappa shape index (κ3) is 3.00. The summed E-state index contributed by atoms with van der Waals surface area (Å²) >= 11 is 5.98. The van der Waals surface area contributed by atoms with Crippen molar-refractivity contribution < 1.29 is 4.74 Å². The van der Waals surface area contributed by atoms with Crippen molar-refractivity contribution in [3.63, 3.8) is 0 Å². The highest BCUT2D eigenvalue weighted by molar-refractivity contribution is 6.16. The smallest absolute Gasteiger partial charge is 0.125 e. The number of rotatable bonds is 5. The molecule has 0 radical (unpaired) electrons. The number of benzene rings is 1. The quantitative estimate of drug-likeness (QED) is 0.677. The second-order valence-electron chi connectivity index (χ2n) is 4.84. The minimum atomic E-state index is 0.374. The number of ether oxygens (including phenoxy) is 1. The van der Waals surface area contributed by atoms with Gasteiger partial charge in [0, 0.05) is 6.20 Å². The van der Waals surface area contributed by atoms with E-state index in [-0.39, 0.29) is 0 Å². The highest BCUT2D eigenvalue weighted by Gasteiger charge is 2.09. The van der Waals surface area contributed by atoms with Crippen LogP contribution < -0.4 is 4.74 Å². The Labute approximate surface area is 128 Å². The lowest BCUT2D eigenvalue weighted by atomic mass is 10.2. The molecule has 0 bridgehead atoms. The molecule has 0 aliphatic carbocycles. The maximum absolute atomic E-state index is 5.98. The number of hydrogen-bond acceptors (Lipinski definition) is 3. The number of halogens is 1. The van der Waals surface area contributed by atoms with Gasteiger partial charge in [-0.1, -0.05) is 12.1 Å². The van der Waals surface area contributed by atoms with E-state index in [1.54, 1.807) is 12.4 Å². The molecule has 5 heteroatoms. The summed E-state index contributed by atoms with van der Waals surface area (Å²) in [6.07, 6.45) is 3.52. The highest BCUT2D eigenvalue weighted by atomic mass is 35.5. The Morgan fingerprint density at radius 2 is 2.19 bits per heavy atom. The number of imidazole rings is 1. The predicted octanol–water partition coefficient (Wildman–Crippen LogP) is 3.56. The maximum Gasteiger partial charge on any atom is 0.125 e. The molecule has 4 nitrogen and oxygen atoms in total. The fraction of sp³-hybridized carbons (Fsp3) is 0.250. The molecule has 0 aliphatic rings. The summed E-state index contributed by atoms with van der Waals surface area (Å²) in [6.45, 7) is 3.33. The zero-order chi connectivity index (χ0) is 14.7. The van der Waals surface area contributed by atoms with E-state index >= 15 is 0 Å². The number of aromatic nitrogens is 3. The van der Waals surface area contributed by atoms with Gasteiger partial charge in [-0.05, 0) is 30.7 Å². The molecule has 0 spiro atoms. The molecule has 0 amide bonds. The monoisotopic (exact) mass is 301 g/mol. The first-order valence-corrected chi connectivity index (χ1v) is 7.36. The number of alkyl halides is 1. The zero-order valence-electron chi connectivity index (χ0n) is 11.8. The Balaban J connectivity index is 1.75. The Kier molecular flexibility index (Phi) is 4.06. The van der Waals surface area contributed by atoms with Crippen molar-refractivity contribution in [1.82, 2.24) is 14.5 Å². The van der Waals surface area contributed by atoms with Crippen LogP contribution in [0.15, 0.2) is 42.7 Å². The molecule has 1 aromatic carbocycles. The fourth-order valence-corrected chi connectivity index (χ4v) is 2.55. The lowest BCUT2D eigenvalue weighted by molar-refractivity contribution is 0.298. The van der Waals surface area contributed by atoms with E-state index in [4.69, 9.17) is 16.3 Å². The van der Waals surface area contributed by atoms with E-state index in [0.29, 0.717) is 19.0 Å². The fourth-order valence-electron chi connectivity index (χ4n) is 2.34. The molecule has 0 saturated heterocycles.